The van der Waals surface area contributed by atoms with E-state index in [2.05, 4.69) is 15.3 Å². The Bertz CT molecular complexity index is 648. The average Bonchev–Trinajstić information content (AvgIpc) is 3.01. The number of hydrogen-bond donors (Lipinski definition) is 1. The second-order valence-corrected chi connectivity index (χ2v) is 3.91. The van der Waals surface area contributed by atoms with E-state index in [1.807, 2.05) is 37.4 Å². The van der Waals surface area contributed by atoms with Gasteiger partial charge in [0.2, 0.25) is 0 Å². The fraction of sp³-hybridized carbons (Fsp3) is 0.0833. The van der Waals surface area contributed by atoms with Crippen molar-refractivity contribution in [1.82, 2.24) is 24.8 Å². The molecule has 18 heavy (non-hydrogen) atoms. The molecule has 3 rings (SSSR count). The third-order valence-corrected chi connectivity index (χ3v) is 2.73. The largest absolute Gasteiger partial charge is 0.384 e. The molecular weight excluding hydrogens is 228 g/mol. The molecule has 90 valence electrons. The van der Waals surface area contributed by atoms with Gasteiger partial charge in [-0.25, -0.2) is 0 Å². The molecule has 2 heterocycles. The molecule has 0 aliphatic carbocycles. The number of hydrogen-bond acceptors (Lipinski definition) is 4. The summed E-state index contributed by atoms with van der Waals surface area (Å²) in [6, 6.07) is 9.64. The molecule has 0 atom stereocenters. The molecule has 2 N–H and O–H groups in total. The van der Waals surface area contributed by atoms with Gasteiger partial charge in [-0.2, -0.15) is 20.1 Å². The van der Waals surface area contributed by atoms with E-state index in [1.165, 1.54) is 0 Å². The third-order valence-electron chi connectivity index (χ3n) is 2.73. The highest BCUT2D eigenvalue weighted by atomic mass is 15.5. The van der Waals surface area contributed by atoms with Crippen LogP contribution in [0, 0.1) is 0 Å². The number of nitrogen functional groups attached to an aromatic ring is 1. The van der Waals surface area contributed by atoms with Crippen molar-refractivity contribution in [2.45, 2.75) is 0 Å². The smallest absolute Gasteiger partial charge is 0.121 e. The van der Waals surface area contributed by atoms with Crippen LogP contribution in [-0.4, -0.2) is 24.8 Å². The SMILES string of the molecule is Cn1nc(-c2ccccc2-n2nccn2)cc1N. The summed E-state index contributed by atoms with van der Waals surface area (Å²) in [7, 11) is 1.81. The van der Waals surface area contributed by atoms with Crippen LogP contribution in [0.2, 0.25) is 0 Å². The number of para-hydroxylation sites is 1. The van der Waals surface area contributed by atoms with E-state index in [0.29, 0.717) is 5.82 Å². The fourth-order valence-electron chi connectivity index (χ4n) is 1.82. The first-order valence-electron chi connectivity index (χ1n) is 5.51. The maximum atomic E-state index is 5.81. The van der Waals surface area contributed by atoms with Crippen LogP contribution in [-0.2, 0) is 7.05 Å². The maximum absolute atomic E-state index is 5.81. The third kappa shape index (κ3) is 1.64. The highest BCUT2D eigenvalue weighted by molar-refractivity contribution is 5.71. The lowest BCUT2D eigenvalue weighted by molar-refractivity contribution is 0.750. The van der Waals surface area contributed by atoms with Crippen LogP contribution in [0.4, 0.5) is 5.82 Å². The first-order chi connectivity index (χ1) is 8.75. The number of rotatable bonds is 2. The Balaban J connectivity index is 2.18. The Labute approximate surface area is 104 Å². The van der Waals surface area contributed by atoms with Crippen LogP contribution in [0.5, 0.6) is 0 Å². The Morgan fingerprint density at radius 1 is 1.11 bits per heavy atom. The zero-order valence-electron chi connectivity index (χ0n) is 9.85. The lowest BCUT2D eigenvalue weighted by atomic mass is 10.1. The minimum Gasteiger partial charge on any atom is -0.384 e. The Morgan fingerprint density at radius 3 is 2.50 bits per heavy atom. The molecule has 0 bridgehead atoms. The lowest BCUT2D eigenvalue weighted by Crippen LogP contribution is -2.01. The fourth-order valence-corrected chi connectivity index (χ4v) is 1.82. The van der Waals surface area contributed by atoms with Gasteiger partial charge >= 0.3 is 0 Å². The molecule has 6 heteroatoms. The van der Waals surface area contributed by atoms with Gasteiger partial charge in [-0.1, -0.05) is 18.2 Å². The van der Waals surface area contributed by atoms with Crippen molar-refractivity contribution in [2.75, 3.05) is 5.73 Å². The minimum atomic E-state index is 0.619. The zero-order chi connectivity index (χ0) is 12.5. The van der Waals surface area contributed by atoms with Crippen molar-refractivity contribution in [3.63, 3.8) is 0 Å². The summed E-state index contributed by atoms with van der Waals surface area (Å²) in [4.78, 5) is 1.57. The van der Waals surface area contributed by atoms with Crippen molar-refractivity contribution >= 4 is 5.82 Å². The van der Waals surface area contributed by atoms with Crippen LogP contribution >= 0.6 is 0 Å². The van der Waals surface area contributed by atoms with E-state index in [9.17, 15) is 0 Å². The van der Waals surface area contributed by atoms with Crippen molar-refractivity contribution in [2.24, 2.45) is 7.05 Å². The average molecular weight is 240 g/mol. The van der Waals surface area contributed by atoms with E-state index in [4.69, 9.17) is 5.73 Å². The number of aromatic nitrogens is 5. The summed E-state index contributed by atoms with van der Waals surface area (Å²) in [5.41, 5.74) is 8.44. The van der Waals surface area contributed by atoms with E-state index < -0.39 is 0 Å². The molecule has 0 unspecified atom stereocenters. The highest BCUT2D eigenvalue weighted by Gasteiger charge is 2.11. The summed E-state index contributed by atoms with van der Waals surface area (Å²) >= 11 is 0. The summed E-state index contributed by atoms with van der Waals surface area (Å²) in [6.07, 6.45) is 3.28. The molecule has 3 aromatic rings. The van der Waals surface area contributed by atoms with Crippen LogP contribution in [0.25, 0.3) is 16.9 Å². The van der Waals surface area contributed by atoms with Gasteiger partial charge in [0.15, 0.2) is 0 Å². The topological polar surface area (TPSA) is 74.5 Å². The van der Waals surface area contributed by atoms with Crippen molar-refractivity contribution in [3.8, 4) is 16.9 Å². The first-order valence-corrected chi connectivity index (χ1v) is 5.51. The molecule has 0 radical (unpaired) electrons. The normalized spacial score (nSPS) is 10.7. The van der Waals surface area contributed by atoms with Crippen molar-refractivity contribution in [1.29, 1.82) is 0 Å². The number of nitrogens with two attached hydrogens (primary N) is 1. The Hall–Kier alpha value is -2.63. The van der Waals surface area contributed by atoms with E-state index in [1.54, 1.807) is 21.9 Å². The molecule has 1 aromatic carbocycles. The van der Waals surface area contributed by atoms with Crippen LogP contribution in [0.1, 0.15) is 0 Å². The summed E-state index contributed by atoms with van der Waals surface area (Å²) in [6.45, 7) is 0. The number of nitrogens with zero attached hydrogens (tertiary/aromatic N) is 5. The maximum Gasteiger partial charge on any atom is 0.121 e. The van der Waals surface area contributed by atoms with E-state index in [0.717, 1.165) is 16.9 Å². The van der Waals surface area contributed by atoms with Gasteiger partial charge in [-0.05, 0) is 6.07 Å². The minimum absolute atomic E-state index is 0.619. The van der Waals surface area contributed by atoms with Gasteiger partial charge in [0, 0.05) is 18.7 Å². The predicted octanol–water partition coefficient (Wildman–Crippen LogP) is 1.25. The molecule has 0 saturated carbocycles. The monoisotopic (exact) mass is 240 g/mol. The molecule has 0 aliphatic heterocycles. The van der Waals surface area contributed by atoms with Crippen LogP contribution in [0.3, 0.4) is 0 Å². The zero-order valence-corrected chi connectivity index (χ0v) is 9.85. The Kier molecular flexibility index (Phi) is 2.33. The second kappa shape index (κ2) is 3.99. The number of benzene rings is 1. The molecular formula is C12H12N6. The van der Waals surface area contributed by atoms with E-state index in [-0.39, 0.29) is 0 Å². The molecule has 0 amide bonds. The summed E-state index contributed by atoms with van der Waals surface area (Å²) in [5.74, 6) is 0.619. The first kappa shape index (κ1) is 10.5. The quantitative estimate of drug-likeness (QED) is 0.731. The summed E-state index contributed by atoms with van der Waals surface area (Å²) in [5, 5.41) is 12.7. The molecule has 0 fully saturated rings. The van der Waals surface area contributed by atoms with Gasteiger partial charge in [-0.15, -0.1) is 0 Å². The molecule has 2 aromatic heterocycles. The van der Waals surface area contributed by atoms with Crippen molar-refractivity contribution in [3.05, 3.63) is 42.7 Å². The number of aryl methyl sites for hydroxylation is 1. The van der Waals surface area contributed by atoms with Gasteiger partial charge < -0.3 is 5.73 Å². The standard InChI is InChI=1S/C12H12N6/c1-17-12(13)8-10(16-17)9-4-2-3-5-11(9)18-14-6-7-15-18/h2-8H,13H2,1H3. The molecule has 0 saturated heterocycles. The van der Waals surface area contributed by atoms with Crippen LogP contribution < -0.4 is 5.73 Å². The second-order valence-electron chi connectivity index (χ2n) is 3.91. The predicted molar refractivity (Wildman–Crippen MR) is 68.0 cm³/mol. The Morgan fingerprint density at radius 2 is 1.83 bits per heavy atom. The summed E-state index contributed by atoms with van der Waals surface area (Å²) < 4.78 is 1.64. The van der Waals surface area contributed by atoms with Gasteiger partial charge in [0.05, 0.1) is 23.8 Å². The van der Waals surface area contributed by atoms with Gasteiger partial charge in [0.25, 0.3) is 0 Å². The molecule has 0 aliphatic rings. The van der Waals surface area contributed by atoms with Gasteiger partial charge in [-0.3, -0.25) is 4.68 Å². The van der Waals surface area contributed by atoms with Crippen molar-refractivity contribution < 1.29 is 0 Å². The lowest BCUT2D eigenvalue weighted by Gasteiger charge is -2.05. The highest BCUT2D eigenvalue weighted by Crippen LogP contribution is 2.25. The number of anilines is 1. The van der Waals surface area contributed by atoms with Crippen LogP contribution in [0.15, 0.2) is 42.7 Å². The van der Waals surface area contributed by atoms with Gasteiger partial charge in [0.1, 0.15) is 5.82 Å². The molecule has 6 nitrogen and oxygen atoms in total. The molecule has 0 spiro atoms. The van der Waals surface area contributed by atoms with E-state index >= 15 is 0 Å².